The Labute approximate surface area is 151 Å². The van der Waals surface area contributed by atoms with Crippen molar-refractivity contribution < 1.29 is 13.2 Å². The highest BCUT2D eigenvalue weighted by Crippen LogP contribution is 2.20. The first-order valence-electron chi connectivity index (χ1n) is 8.94. The molecule has 0 saturated carbocycles. The van der Waals surface area contributed by atoms with Crippen LogP contribution in [0.25, 0.3) is 0 Å². The Morgan fingerprint density at radius 3 is 2.76 bits per heavy atom. The molecule has 1 aliphatic rings. The second-order valence-electron chi connectivity index (χ2n) is 6.77. The normalized spacial score (nSPS) is 21.1. The monoisotopic (exact) mass is 367 g/mol. The lowest BCUT2D eigenvalue weighted by Gasteiger charge is -2.30. The molecule has 25 heavy (non-hydrogen) atoms. The fourth-order valence-electron chi connectivity index (χ4n) is 2.99. The van der Waals surface area contributed by atoms with Gasteiger partial charge in [0, 0.05) is 26.2 Å². The molecule has 1 aliphatic heterocycles. The number of hydrogen-bond acceptors (Lipinski definition) is 4. The highest BCUT2D eigenvalue weighted by atomic mass is 32.2. The number of unbranched alkanes of at least 4 members (excludes halogenated alkanes) is 1. The maximum absolute atomic E-state index is 12.9. The summed E-state index contributed by atoms with van der Waals surface area (Å²) in [4.78, 5) is 14.3. The Morgan fingerprint density at radius 1 is 1.36 bits per heavy atom. The third-order valence-electron chi connectivity index (χ3n) is 4.73. The average molecular weight is 368 g/mol. The minimum atomic E-state index is -3.76. The summed E-state index contributed by atoms with van der Waals surface area (Å²) >= 11 is 0. The molecule has 0 radical (unpaired) electrons. The molecule has 2 unspecified atom stereocenters. The van der Waals surface area contributed by atoms with Crippen molar-refractivity contribution >= 4 is 15.9 Å². The lowest BCUT2D eigenvalue weighted by atomic mass is 9.96. The third-order valence-corrected chi connectivity index (χ3v) is 6.28. The van der Waals surface area contributed by atoms with Gasteiger partial charge in [-0.3, -0.25) is 4.79 Å². The number of piperidine rings is 1. The number of rotatable bonds is 7. The fourth-order valence-corrected chi connectivity index (χ4v) is 4.53. The van der Waals surface area contributed by atoms with Crippen LogP contribution in [0.2, 0.25) is 0 Å². The molecule has 0 bridgehead atoms. The number of carbonyl (C=O) groups is 1. The molecule has 1 aromatic carbocycles. The summed E-state index contributed by atoms with van der Waals surface area (Å²) in [5.74, 6) is -0.00430. The molecule has 0 aromatic heterocycles. The van der Waals surface area contributed by atoms with E-state index in [2.05, 4.69) is 17.0 Å². The number of sulfonamides is 1. The van der Waals surface area contributed by atoms with E-state index in [9.17, 15) is 13.2 Å². The van der Waals surface area contributed by atoms with Crippen LogP contribution in [0.5, 0.6) is 0 Å². The topological polar surface area (TPSA) is 78.5 Å². The highest BCUT2D eigenvalue weighted by Gasteiger charge is 2.29. The Morgan fingerprint density at radius 2 is 2.08 bits per heavy atom. The minimum absolute atomic E-state index is 0.0566. The van der Waals surface area contributed by atoms with Crippen molar-refractivity contribution in [2.45, 2.75) is 44.0 Å². The second kappa shape index (κ2) is 8.78. The molecule has 1 amide bonds. The second-order valence-corrected chi connectivity index (χ2v) is 8.46. The standard InChI is InChI=1S/C18H29N3O3S/c1-4-5-12-21(3)18(22)15-8-6-7-9-17(15)25(23,24)20-16-13-19-11-10-14(16)2/h6-9,14,16,19-20H,4-5,10-13H2,1-3H3. The maximum Gasteiger partial charge on any atom is 0.254 e. The highest BCUT2D eigenvalue weighted by molar-refractivity contribution is 7.89. The lowest BCUT2D eigenvalue weighted by molar-refractivity contribution is 0.0789. The number of amides is 1. The first-order valence-corrected chi connectivity index (χ1v) is 10.4. The van der Waals surface area contributed by atoms with E-state index in [1.165, 1.54) is 6.07 Å². The molecule has 2 N–H and O–H groups in total. The fraction of sp³-hybridized carbons (Fsp3) is 0.611. The molecule has 2 rings (SSSR count). The van der Waals surface area contributed by atoms with Crippen LogP contribution in [0.3, 0.4) is 0 Å². The SMILES string of the molecule is CCCCN(C)C(=O)c1ccccc1S(=O)(=O)NC1CNCCC1C. The lowest BCUT2D eigenvalue weighted by Crippen LogP contribution is -2.50. The zero-order chi connectivity index (χ0) is 18.4. The zero-order valence-electron chi connectivity index (χ0n) is 15.3. The number of nitrogens with zero attached hydrogens (tertiary/aromatic N) is 1. The summed E-state index contributed by atoms with van der Waals surface area (Å²) in [6, 6.07) is 6.27. The number of nitrogens with one attached hydrogen (secondary N) is 2. The van der Waals surface area contributed by atoms with Gasteiger partial charge < -0.3 is 10.2 Å². The molecule has 0 aliphatic carbocycles. The molecule has 6 nitrogen and oxygen atoms in total. The molecule has 7 heteroatoms. The van der Waals surface area contributed by atoms with E-state index in [0.717, 1.165) is 25.8 Å². The van der Waals surface area contributed by atoms with Crippen LogP contribution in [0, 0.1) is 5.92 Å². The Bertz CT molecular complexity index is 691. The molecular weight excluding hydrogens is 338 g/mol. The van der Waals surface area contributed by atoms with Gasteiger partial charge in [-0.25, -0.2) is 13.1 Å². The maximum atomic E-state index is 12.9. The van der Waals surface area contributed by atoms with Gasteiger partial charge in [-0.05, 0) is 37.4 Å². The van der Waals surface area contributed by atoms with Gasteiger partial charge in [-0.15, -0.1) is 0 Å². The Kier molecular flexibility index (Phi) is 6.98. The summed E-state index contributed by atoms with van der Waals surface area (Å²) < 4.78 is 28.6. The van der Waals surface area contributed by atoms with E-state index in [1.54, 1.807) is 30.1 Å². The van der Waals surface area contributed by atoms with E-state index in [-0.39, 0.29) is 28.3 Å². The molecule has 1 fully saturated rings. The van der Waals surface area contributed by atoms with Crippen molar-refractivity contribution in [2.75, 3.05) is 26.7 Å². The molecule has 1 saturated heterocycles. The van der Waals surface area contributed by atoms with E-state index < -0.39 is 10.0 Å². The van der Waals surface area contributed by atoms with Gasteiger partial charge in [0.1, 0.15) is 0 Å². The number of carbonyl (C=O) groups excluding carboxylic acids is 1. The van der Waals surface area contributed by atoms with Crippen molar-refractivity contribution in [3.05, 3.63) is 29.8 Å². The van der Waals surface area contributed by atoms with E-state index in [0.29, 0.717) is 13.1 Å². The van der Waals surface area contributed by atoms with Crippen molar-refractivity contribution in [3.63, 3.8) is 0 Å². The predicted octanol–water partition coefficient (Wildman–Crippen LogP) is 1.83. The zero-order valence-corrected chi connectivity index (χ0v) is 16.1. The predicted molar refractivity (Wildman–Crippen MR) is 99.1 cm³/mol. The summed E-state index contributed by atoms with van der Waals surface area (Å²) in [5.41, 5.74) is 0.227. The Hall–Kier alpha value is -1.44. The van der Waals surface area contributed by atoms with Crippen molar-refractivity contribution in [3.8, 4) is 0 Å². The summed E-state index contributed by atoms with van der Waals surface area (Å²) in [7, 11) is -2.05. The van der Waals surface area contributed by atoms with Crippen molar-refractivity contribution in [1.29, 1.82) is 0 Å². The number of hydrogen-bond donors (Lipinski definition) is 2. The molecular formula is C18H29N3O3S. The van der Waals surface area contributed by atoms with Gasteiger partial charge in [0.05, 0.1) is 10.5 Å². The summed E-state index contributed by atoms with van der Waals surface area (Å²) in [6.07, 6.45) is 2.79. The summed E-state index contributed by atoms with van der Waals surface area (Å²) in [5, 5.41) is 3.22. The van der Waals surface area contributed by atoms with E-state index >= 15 is 0 Å². The van der Waals surface area contributed by atoms with Gasteiger partial charge in [-0.1, -0.05) is 32.4 Å². The van der Waals surface area contributed by atoms with E-state index in [4.69, 9.17) is 0 Å². The van der Waals surface area contributed by atoms with Crippen LogP contribution in [0.15, 0.2) is 29.2 Å². The average Bonchev–Trinajstić information content (AvgIpc) is 2.61. The first kappa shape index (κ1) is 19.9. The van der Waals surface area contributed by atoms with Crippen LogP contribution < -0.4 is 10.0 Å². The van der Waals surface area contributed by atoms with Crippen LogP contribution in [0.4, 0.5) is 0 Å². The van der Waals surface area contributed by atoms with Crippen molar-refractivity contribution in [2.24, 2.45) is 5.92 Å². The third kappa shape index (κ3) is 5.03. The first-order chi connectivity index (χ1) is 11.9. The van der Waals surface area contributed by atoms with Crippen LogP contribution in [0.1, 0.15) is 43.5 Å². The minimum Gasteiger partial charge on any atom is -0.342 e. The van der Waals surface area contributed by atoms with Crippen molar-refractivity contribution in [1.82, 2.24) is 14.9 Å². The van der Waals surface area contributed by atoms with Gasteiger partial charge in [-0.2, -0.15) is 0 Å². The van der Waals surface area contributed by atoms with E-state index in [1.807, 2.05) is 6.92 Å². The van der Waals surface area contributed by atoms with Crippen LogP contribution >= 0.6 is 0 Å². The van der Waals surface area contributed by atoms with Crippen LogP contribution in [-0.4, -0.2) is 51.9 Å². The smallest absolute Gasteiger partial charge is 0.254 e. The molecule has 1 aromatic rings. The van der Waals surface area contributed by atoms with Crippen LogP contribution in [-0.2, 0) is 10.0 Å². The largest absolute Gasteiger partial charge is 0.342 e. The quantitative estimate of drug-likeness (QED) is 0.771. The number of benzene rings is 1. The Balaban J connectivity index is 2.24. The molecule has 2 atom stereocenters. The van der Waals surface area contributed by atoms with Gasteiger partial charge in [0.25, 0.3) is 5.91 Å². The molecule has 140 valence electrons. The van der Waals surface area contributed by atoms with Gasteiger partial charge in [0.15, 0.2) is 0 Å². The molecule has 1 heterocycles. The molecule has 0 spiro atoms. The van der Waals surface area contributed by atoms with Gasteiger partial charge >= 0.3 is 0 Å². The van der Waals surface area contributed by atoms with Gasteiger partial charge in [0.2, 0.25) is 10.0 Å². The summed E-state index contributed by atoms with van der Waals surface area (Å²) in [6.45, 7) is 6.22.